The van der Waals surface area contributed by atoms with Gasteiger partial charge in [-0.15, -0.1) is 0 Å². The summed E-state index contributed by atoms with van der Waals surface area (Å²) in [7, 11) is 0. The van der Waals surface area contributed by atoms with Crippen LogP contribution in [0, 0.1) is 23.7 Å². The molecule has 0 aliphatic rings. The molecule has 104 valence electrons. The highest BCUT2D eigenvalue weighted by molar-refractivity contribution is 4.81. The molecule has 4 atom stereocenters. The van der Waals surface area contributed by atoms with Gasteiger partial charge in [-0.05, 0) is 37.5 Å². The highest BCUT2D eigenvalue weighted by Gasteiger charge is 2.24. The minimum absolute atomic E-state index is 0.628. The van der Waals surface area contributed by atoms with Crippen LogP contribution < -0.4 is 5.32 Å². The summed E-state index contributed by atoms with van der Waals surface area (Å²) in [5, 5.41) is 3.84. The quantitative estimate of drug-likeness (QED) is 0.648. The van der Waals surface area contributed by atoms with E-state index >= 15 is 0 Å². The van der Waals surface area contributed by atoms with Crippen LogP contribution >= 0.6 is 0 Å². The highest BCUT2D eigenvalue weighted by Crippen LogP contribution is 2.23. The van der Waals surface area contributed by atoms with Crippen molar-refractivity contribution >= 4 is 0 Å². The second kappa shape index (κ2) is 8.13. The maximum absolute atomic E-state index is 3.84. The lowest BCUT2D eigenvalue weighted by Gasteiger charge is -2.34. The van der Waals surface area contributed by atoms with E-state index < -0.39 is 0 Å². The van der Waals surface area contributed by atoms with E-state index in [2.05, 4.69) is 60.7 Å². The minimum Gasteiger partial charge on any atom is -0.311 e. The fourth-order valence-electron chi connectivity index (χ4n) is 3.47. The minimum atomic E-state index is 0.628. The molecule has 0 aromatic carbocycles. The largest absolute Gasteiger partial charge is 0.311 e. The molecule has 0 aromatic heterocycles. The Labute approximate surface area is 110 Å². The van der Waals surface area contributed by atoms with Crippen molar-refractivity contribution in [1.29, 1.82) is 0 Å². The predicted molar refractivity (Wildman–Crippen MR) is 79.3 cm³/mol. The van der Waals surface area contributed by atoms with Crippen molar-refractivity contribution in [3.63, 3.8) is 0 Å². The molecule has 0 saturated heterocycles. The van der Waals surface area contributed by atoms with Crippen LogP contribution in [0.5, 0.6) is 0 Å². The fraction of sp³-hybridized carbons (Fsp3) is 1.00. The first-order valence-corrected chi connectivity index (χ1v) is 7.61. The van der Waals surface area contributed by atoms with Gasteiger partial charge in [0, 0.05) is 12.1 Å². The second-order valence-corrected chi connectivity index (χ2v) is 6.38. The first-order valence-electron chi connectivity index (χ1n) is 7.61. The van der Waals surface area contributed by atoms with Crippen LogP contribution in [0.2, 0.25) is 0 Å². The summed E-state index contributed by atoms with van der Waals surface area (Å²) < 4.78 is 0. The normalized spacial score (nSPS) is 19.4. The van der Waals surface area contributed by atoms with Gasteiger partial charge in [-0.2, -0.15) is 0 Å². The number of rotatable bonds is 8. The molecule has 1 nitrogen and oxygen atoms in total. The van der Waals surface area contributed by atoms with Gasteiger partial charge in [-0.1, -0.05) is 54.4 Å². The molecule has 0 saturated carbocycles. The zero-order valence-electron chi connectivity index (χ0n) is 13.4. The fourth-order valence-corrected chi connectivity index (χ4v) is 3.47. The molecule has 0 bridgehead atoms. The van der Waals surface area contributed by atoms with Crippen LogP contribution in [0.25, 0.3) is 0 Å². The monoisotopic (exact) mass is 241 g/mol. The molecule has 1 N–H and O–H groups in total. The zero-order valence-corrected chi connectivity index (χ0v) is 13.4. The lowest BCUT2D eigenvalue weighted by Crippen LogP contribution is -2.45. The molecule has 0 rings (SSSR count). The Morgan fingerprint density at radius 2 is 0.941 bits per heavy atom. The molecule has 0 aliphatic heterocycles. The van der Waals surface area contributed by atoms with Crippen LogP contribution in [0.15, 0.2) is 0 Å². The van der Waals surface area contributed by atoms with Crippen molar-refractivity contribution in [1.82, 2.24) is 5.32 Å². The van der Waals surface area contributed by atoms with Gasteiger partial charge >= 0.3 is 0 Å². The summed E-state index contributed by atoms with van der Waals surface area (Å²) in [6.45, 7) is 18.7. The first-order chi connectivity index (χ1) is 7.84. The van der Waals surface area contributed by atoms with E-state index in [4.69, 9.17) is 0 Å². The summed E-state index contributed by atoms with van der Waals surface area (Å²) in [4.78, 5) is 0. The van der Waals surface area contributed by atoms with E-state index in [-0.39, 0.29) is 0 Å². The maximum Gasteiger partial charge on any atom is 0.00719 e. The molecular weight excluding hydrogens is 206 g/mol. The van der Waals surface area contributed by atoms with E-state index in [1.165, 1.54) is 12.8 Å². The third-order valence-corrected chi connectivity index (χ3v) is 4.47. The van der Waals surface area contributed by atoms with Gasteiger partial charge in [-0.25, -0.2) is 0 Å². The standard InChI is InChI=1S/C16H35N/c1-9-15(11(3)4)13(7)17-14(8)16(10-2)12(5)6/h11-17H,9-10H2,1-8H3. The average molecular weight is 241 g/mol. The van der Waals surface area contributed by atoms with Crippen molar-refractivity contribution in [2.75, 3.05) is 0 Å². The summed E-state index contributed by atoms with van der Waals surface area (Å²) in [6.07, 6.45) is 2.55. The summed E-state index contributed by atoms with van der Waals surface area (Å²) in [6, 6.07) is 1.26. The van der Waals surface area contributed by atoms with Crippen LogP contribution in [0.1, 0.15) is 68.2 Å². The Hall–Kier alpha value is -0.0400. The third kappa shape index (κ3) is 5.42. The summed E-state index contributed by atoms with van der Waals surface area (Å²) >= 11 is 0. The Bertz CT molecular complexity index is 166. The maximum atomic E-state index is 3.84. The van der Waals surface area contributed by atoms with E-state index in [1.807, 2.05) is 0 Å². The van der Waals surface area contributed by atoms with Crippen molar-refractivity contribution in [3.05, 3.63) is 0 Å². The average Bonchev–Trinajstić information content (AvgIpc) is 2.17. The SMILES string of the molecule is CCC(C(C)C)C(C)NC(C)C(CC)C(C)C. The predicted octanol–water partition coefficient (Wildman–Crippen LogP) is 4.72. The topological polar surface area (TPSA) is 12.0 Å². The van der Waals surface area contributed by atoms with Gasteiger partial charge in [0.05, 0.1) is 0 Å². The summed E-state index contributed by atoms with van der Waals surface area (Å²) in [5.41, 5.74) is 0. The van der Waals surface area contributed by atoms with Crippen molar-refractivity contribution in [2.24, 2.45) is 23.7 Å². The van der Waals surface area contributed by atoms with E-state index in [0.29, 0.717) is 12.1 Å². The Morgan fingerprint density at radius 3 is 1.12 bits per heavy atom. The molecule has 4 unspecified atom stereocenters. The van der Waals surface area contributed by atoms with E-state index in [9.17, 15) is 0 Å². The Balaban J connectivity index is 4.39. The lowest BCUT2D eigenvalue weighted by molar-refractivity contribution is 0.213. The van der Waals surface area contributed by atoms with Crippen molar-refractivity contribution in [3.8, 4) is 0 Å². The molecule has 17 heavy (non-hydrogen) atoms. The van der Waals surface area contributed by atoms with Crippen LogP contribution in [-0.2, 0) is 0 Å². The summed E-state index contributed by atoms with van der Waals surface area (Å²) in [5.74, 6) is 3.13. The molecular formula is C16H35N. The molecule has 0 amide bonds. The Kier molecular flexibility index (Phi) is 8.11. The van der Waals surface area contributed by atoms with E-state index in [0.717, 1.165) is 23.7 Å². The van der Waals surface area contributed by atoms with Crippen molar-refractivity contribution < 1.29 is 0 Å². The molecule has 0 heterocycles. The third-order valence-electron chi connectivity index (χ3n) is 4.47. The first kappa shape index (κ1) is 17.0. The van der Waals surface area contributed by atoms with Gasteiger partial charge < -0.3 is 5.32 Å². The van der Waals surface area contributed by atoms with Gasteiger partial charge in [0.15, 0.2) is 0 Å². The molecule has 0 fully saturated rings. The molecule has 0 spiro atoms. The molecule has 0 aliphatic carbocycles. The van der Waals surface area contributed by atoms with Gasteiger partial charge in [-0.3, -0.25) is 0 Å². The van der Waals surface area contributed by atoms with Crippen LogP contribution in [0.4, 0.5) is 0 Å². The van der Waals surface area contributed by atoms with Crippen LogP contribution in [0.3, 0.4) is 0 Å². The van der Waals surface area contributed by atoms with Gasteiger partial charge in [0.2, 0.25) is 0 Å². The van der Waals surface area contributed by atoms with Gasteiger partial charge in [0.25, 0.3) is 0 Å². The smallest absolute Gasteiger partial charge is 0.00719 e. The number of hydrogen-bond acceptors (Lipinski definition) is 1. The molecule has 0 radical (unpaired) electrons. The lowest BCUT2D eigenvalue weighted by atomic mass is 9.83. The number of hydrogen-bond donors (Lipinski definition) is 1. The second-order valence-electron chi connectivity index (χ2n) is 6.38. The van der Waals surface area contributed by atoms with Crippen LogP contribution in [-0.4, -0.2) is 12.1 Å². The Morgan fingerprint density at radius 1 is 0.647 bits per heavy atom. The van der Waals surface area contributed by atoms with Gasteiger partial charge in [0.1, 0.15) is 0 Å². The number of nitrogens with one attached hydrogen (secondary N) is 1. The zero-order chi connectivity index (χ0) is 13.6. The van der Waals surface area contributed by atoms with Crippen molar-refractivity contribution in [2.45, 2.75) is 80.3 Å². The molecule has 1 heteroatoms. The molecule has 0 aromatic rings. The van der Waals surface area contributed by atoms with E-state index in [1.54, 1.807) is 0 Å². The highest BCUT2D eigenvalue weighted by atomic mass is 15.0.